The summed E-state index contributed by atoms with van der Waals surface area (Å²) < 4.78 is 9.77. The first-order valence-electron chi connectivity index (χ1n) is 11.1. The molecule has 1 fully saturated rings. The summed E-state index contributed by atoms with van der Waals surface area (Å²) in [7, 11) is 1.68. The van der Waals surface area contributed by atoms with Crippen LogP contribution in [0.2, 0.25) is 0 Å². The van der Waals surface area contributed by atoms with E-state index in [0.29, 0.717) is 11.7 Å². The SMILES string of the molecule is COc1ccc(-n2c(CSc3nnc(C4CC4)n3-c3ccccc3)nc3ccccc32)cc1. The molecule has 0 aliphatic heterocycles. The molecule has 2 aromatic heterocycles. The molecule has 1 aliphatic rings. The second-order valence-corrected chi connectivity index (χ2v) is 9.07. The van der Waals surface area contributed by atoms with Crippen molar-refractivity contribution in [1.82, 2.24) is 24.3 Å². The molecule has 2 heterocycles. The Labute approximate surface area is 196 Å². The second-order valence-electron chi connectivity index (χ2n) is 8.12. The fourth-order valence-corrected chi connectivity index (χ4v) is 5.00. The molecule has 0 atom stereocenters. The Morgan fingerprint density at radius 2 is 1.58 bits per heavy atom. The van der Waals surface area contributed by atoms with Crippen LogP contribution in [0.5, 0.6) is 5.75 Å². The number of para-hydroxylation sites is 3. The quantitative estimate of drug-likeness (QED) is 0.292. The van der Waals surface area contributed by atoms with Crippen LogP contribution < -0.4 is 4.74 Å². The first-order valence-corrected chi connectivity index (χ1v) is 12.0. The minimum atomic E-state index is 0.510. The number of aromatic nitrogens is 5. The Balaban J connectivity index is 1.38. The topological polar surface area (TPSA) is 57.8 Å². The van der Waals surface area contributed by atoms with E-state index in [1.54, 1.807) is 18.9 Å². The van der Waals surface area contributed by atoms with Gasteiger partial charge >= 0.3 is 0 Å². The summed E-state index contributed by atoms with van der Waals surface area (Å²) in [6.45, 7) is 0. The lowest BCUT2D eigenvalue weighted by molar-refractivity contribution is 0.414. The number of rotatable bonds is 7. The highest BCUT2D eigenvalue weighted by molar-refractivity contribution is 7.98. The highest BCUT2D eigenvalue weighted by Gasteiger charge is 2.31. The number of fused-ring (bicyclic) bond motifs is 1. The van der Waals surface area contributed by atoms with Crippen LogP contribution in [0.15, 0.2) is 84.0 Å². The summed E-state index contributed by atoms with van der Waals surface area (Å²) in [6.07, 6.45) is 2.37. The molecule has 0 radical (unpaired) electrons. The van der Waals surface area contributed by atoms with Gasteiger partial charge in [0.2, 0.25) is 0 Å². The van der Waals surface area contributed by atoms with E-state index < -0.39 is 0 Å². The van der Waals surface area contributed by atoms with E-state index >= 15 is 0 Å². The summed E-state index contributed by atoms with van der Waals surface area (Å²) in [5, 5.41) is 10.0. The van der Waals surface area contributed by atoms with Gasteiger partial charge in [0.15, 0.2) is 5.16 Å². The smallest absolute Gasteiger partial charge is 0.196 e. The maximum atomic E-state index is 5.34. The predicted molar refractivity (Wildman–Crippen MR) is 131 cm³/mol. The van der Waals surface area contributed by atoms with E-state index in [9.17, 15) is 0 Å². The number of imidazole rings is 1. The van der Waals surface area contributed by atoms with Crippen molar-refractivity contribution in [2.75, 3.05) is 7.11 Å². The Kier molecular flexibility index (Phi) is 5.11. The zero-order chi connectivity index (χ0) is 22.2. The number of ether oxygens (including phenoxy) is 1. The number of nitrogens with zero attached hydrogens (tertiary/aromatic N) is 5. The average Bonchev–Trinajstić information content (AvgIpc) is 3.52. The highest BCUT2D eigenvalue weighted by Crippen LogP contribution is 2.41. The van der Waals surface area contributed by atoms with Crippen LogP contribution >= 0.6 is 11.8 Å². The molecule has 0 saturated heterocycles. The van der Waals surface area contributed by atoms with Gasteiger partial charge in [-0.05, 0) is 61.4 Å². The second kappa shape index (κ2) is 8.41. The third-order valence-electron chi connectivity index (χ3n) is 5.91. The van der Waals surface area contributed by atoms with Crippen molar-refractivity contribution in [2.24, 2.45) is 0 Å². The average molecular weight is 454 g/mol. The lowest BCUT2D eigenvalue weighted by Crippen LogP contribution is -2.03. The van der Waals surface area contributed by atoms with Gasteiger partial charge in [-0.25, -0.2) is 4.98 Å². The molecule has 6 nitrogen and oxygen atoms in total. The van der Waals surface area contributed by atoms with Gasteiger partial charge in [0.25, 0.3) is 0 Å². The Hall–Kier alpha value is -3.58. The van der Waals surface area contributed by atoms with Crippen LogP contribution in [0.3, 0.4) is 0 Å². The number of thioether (sulfide) groups is 1. The van der Waals surface area contributed by atoms with Gasteiger partial charge in [0.05, 0.1) is 23.9 Å². The van der Waals surface area contributed by atoms with E-state index in [4.69, 9.17) is 9.72 Å². The van der Waals surface area contributed by atoms with Crippen molar-refractivity contribution >= 4 is 22.8 Å². The largest absolute Gasteiger partial charge is 0.497 e. The molecular formula is C26H23N5OS. The lowest BCUT2D eigenvalue weighted by Gasteiger charge is -2.11. The van der Waals surface area contributed by atoms with Crippen molar-refractivity contribution in [3.63, 3.8) is 0 Å². The molecule has 33 heavy (non-hydrogen) atoms. The number of hydrogen-bond acceptors (Lipinski definition) is 5. The van der Waals surface area contributed by atoms with Crippen LogP contribution in [-0.2, 0) is 5.75 Å². The summed E-state index contributed by atoms with van der Waals surface area (Å²) in [5.74, 6) is 4.06. The molecule has 0 unspecified atom stereocenters. The predicted octanol–water partition coefficient (Wildman–Crippen LogP) is 5.78. The fraction of sp³-hybridized carbons (Fsp3) is 0.192. The van der Waals surface area contributed by atoms with E-state index in [1.807, 2.05) is 24.3 Å². The van der Waals surface area contributed by atoms with Crippen LogP contribution in [0.25, 0.3) is 22.4 Å². The first kappa shape index (κ1) is 20.1. The fourth-order valence-electron chi connectivity index (χ4n) is 4.12. The first-order chi connectivity index (χ1) is 16.3. The summed E-state index contributed by atoms with van der Waals surface area (Å²) in [4.78, 5) is 4.96. The molecule has 0 bridgehead atoms. The van der Waals surface area contributed by atoms with Gasteiger partial charge < -0.3 is 4.74 Å². The number of hydrogen-bond donors (Lipinski definition) is 0. The van der Waals surface area contributed by atoms with Gasteiger partial charge in [0, 0.05) is 17.3 Å². The maximum Gasteiger partial charge on any atom is 0.196 e. The van der Waals surface area contributed by atoms with Crippen molar-refractivity contribution in [2.45, 2.75) is 29.7 Å². The molecule has 6 rings (SSSR count). The minimum Gasteiger partial charge on any atom is -0.497 e. The number of methoxy groups -OCH3 is 1. The van der Waals surface area contributed by atoms with Gasteiger partial charge in [-0.3, -0.25) is 9.13 Å². The molecule has 3 aromatic carbocycles. The molecule has 164 valence electrons. The molecule has 1 saturated carbocycles. The van der Waals surface area contributed by atoms with Gasteiger partial charge in [-0.2, -0.15) is 0 Å². The van der Waals surface area contributed by atoms with Crippen molar-refractivity contribution < 1.29 is 4.74 Å². The standard InChI is InChI=1S/C26H23N5OS/c1-32-21-15-13-20(14-16-21)30-23-10-6-5-9-22(23)27-24(30)17-33-26-29-28-25(18-11-12-18)31(26)19-7-3-2-4-8-19/h2-10,13-16,18H,11-12,17H2,1H3. The molecule has 0 amide bonds. The van der Waals surface area contributed by atoms with Gasteiger partial charge in [-0.1, -0.05) is 42.1 Å². The third kappa shape index (κ3) is 3.78. The normalized spacial score (nSPS) is 13.5. The molecule has 1 aliphatic carbocycles. The van der Waals surface area contributed by atoms with Crippen molar-refractivity contribution in [3.05, 3.63) is 90.5 Å². The molecule has 0 N–H and O–H groups in total. The molecule has 5 aromatic rings. The Bertz CT molecular complexity index is 1400. The zero-order valence-electron chi connectivity index (χ0n) is 18.3. The lowest BCUT2D eigenvalue weighted by atomic mass is 10.2. The van der Waals surface area contributed by atoms with Crippen molar-refractivity contribution in [1.29, 1.82) is 0 Å². The molecular weight excluding hydrogens is 430 g/mol. The van der Waals surface area contributed by atoms with E-state index in [-0.39, 0.29) is 0 Å². The maximum absolute atomic E-state index is 5.34. The summed E-state index contributed by atoms with van der Waals surface area (Å²) in [5.41, 5.74) is 4.23. The summed E-state index contributed by atoms with van der Waals surface area (Å²) >= 11 is 1.67. The molecule has 0 spiro atoms. The van der Waals surface area contributed by atoms with E-state index in [2.05, 4.69) is 73.9 Å². The minimum absolute atomic E-state index is 0.510. The Morgan fingerprint density at radius 3 is 2.33 bits per heavy atom. The zero-order valence-corrected chi connectivity index (χ0v) is 19.1. The van der Waals surface area contributed by atoms with E-state index in [1.165, 1.54) is 12.8 Å². The van der Waals surface area contributed by atoms with Crippen LogP contribution in [0, 0.1) is 0 Å². The van der Waals surface area contributed by atoms with Crippen LogP contribution in [-0.4, -0.2) is 31.4 Å². The highest BCUT2D eigenvalue weighted by atomic mass is 32.2. The van der Waals surface area contributed by atoms with E-state index in [0.717, 1.165) is 45.0 Å². The van der Waals surface area contributed by atoms with Gasteiger partial charge in [-0.15, -0.1) is 10.2 Å². The third-order valence-corrected chi connectivity index (χ3v) is 6.83. The number of benzene rings is 3. The monoisotopic (exact) mass is 453 g/mol. The van der Waals surface area contributed by atoms with Crippen LogP contribution in [0.1, 0.15) is 30.4 Å². The Morgan fingerprint density at radius 1 is 0.848 bits per heavy atom. The van der Waals surface area contributed by atoms with Crippen LogP contribution in [0.4, 0.5) is 0 Å². The summed E-state index contributed by atoms with van der Waals surface area (Å²) in [6, 6.07) is 26.7. The van der Waals surface area contributed by atoms with Gasteiger partial charge in [0.1, 0.15) is 17.4 Å². The molecule has 7 heteroatoms. The van der Waals surface area contributed by atoms with Crippen molar-refractivity contribution in [3.8, 4) is 17.1 Å².